The molecule has 154 valence electrons. The number of allylic oxidation sites excluding steroid dienone is 4. The molecule has 0 spiro atoms. The minimum absolute atomic E-state index is 0.0676. The zero-order valence-electron chi connectivity index (χ0n) is 16.6. The van der Waals surface area contributed by atoms with Gasteiger partial charge in [0.2, 0.25) is 0 Å². The smallest absolute Gasteiger partial charge is 0.190 e. The van der Waals surface area contributed by atoms with Crippen LogP contribution in [0.4, 0.5) is 4.39 Å². The Morgan fingerprint density at radius 2 is 2.00 bits per heavy atom. The molecule has 0 aliphatic heterocycles. The van der Waals surface area contributed by atoms with Crippen molar-refractivity contribution in [1.29, 1.82) is 0 Å². The molecule has 0 amide bonds. The molecule has 3 N–H and O–H groups in total. The fourth-order valence-corrected chi connectivity index (χ4v) is 7.26. The molecule has 0 aromatic carbocycles. The Bertz CT molecular complexity index is 805. The third-order valence-corrected chi connectivity index (χ3v) is 8.79. The molecule has 1 unspecified atom stereocenters. The van der Waals surface area contributed by atoms with E-state index in [0.29, 0.717) is 24.8 Å². The molecule has 3 fully saturated rings. The van der Waals surface area contributed by atoms with Gasteiger partial charge in [-0.15, -0.1) is 0 Å². The Hall–Kier alpha value is -1.37. The highest BCUT2D eigenvalue weighted by Crippen LogP contribution is 2.70. The maximum absolute atomic E-state index is 16.9. The standard InChI is InChI=1S/C22H29FO5/c1-12-8-16-15-5-4-13-9-14(25)6-7-19(13,2)21(15,23)17(26)10-20(16,3)22(12,28)18(27)11-24/h6-7,9,12,15-17,24,26,28H,4-5,8,10-11H2,1-3H3/t12-,15+,16+,17+,19?,20+,21+,22+/m1/s1. The number of carbonyl (C=O) groups is 2. The van der Waals surface area contributed by atoms with E-state index < -0.39 is 52.4 Å². The van der Waals surface area contributed by atoms with Gasteiger partial charge in [-0.05, 0) is 56.6 Å². The van der Waals surface area contributed by atoms with E-state index >= 15 is 4.39 Å². The normalized spacial score (nSPS) is 52.5. The minimum atomic E-state index is -1.98. The van der Waals surface area contributed by atoms with Gasteiger partial charge in [-0.1, -0.05) is 25.5 Å². The van der Waals surface area contributed by atoms with Crippen LogP contribution in [0, 0.1) is 28.6 Å². The van der Waals surface area contributed by atoms with Crippen molar-refractivity contribution in [2.24, 2.45) is 28.6 Å². The van der Waals surface area contributed by atoms with Crippen molar-refractivity contribution >= 4 is 11.6 Å². The summed E-state index contributed by atoms with van der Waals surface area (Å²) in [7, 11) is 0. The van der Waals surface area contributed by atoms with Crippen LogP contribution in [0.5, 0.6) is 0 Å². The van der Waals surface area contributed by atoms with Crippen LogP contribution in [0.2, 0.25) is 0 Å². The van der Waals surface area contributed by atoms with Crippen molar-refractivity contribution in [2.45, 2.75) is 63.8 Å². The number of rotatable bonds is 2. The predicted molar refractivity (Wildman–Crippen MR) is 99.9 cm³/mol. The van der Waals surface area contributed by atoms with Crippen LogP contribution in [-0.4, -0.2) is 50.9 Å². The third-order valence-electron chi connectivity index (χ3n) is 8.79. The molecule has 3 saturated carbocycles. The number of hydrogen-bond acceptors (Lipinski definition) is 5. The van der Waals surface area contributed by atoms with Gasteiger partial charge in [0.15, 0.2) is 17.2 Å². The molecule has 4 aliphatic carbocycles. The molecule has 0 aromatic heterocycles. The number of Topliss-reactive ketones (excluding diaryl/α,β-unsaturated/α-hetero) is 1. The fourth-order valence-electron chi connectivity index (χ4n) is 7.26. The number of aliphatic hydroxyl groups is 3. The number of halogens is 1. The monoisotopic (exact) mass is 392 g/mol. The number of aliphatic hydroxyl groups excluding tert-OH is 2. The Morgan fingerprint density at radius 3 is 2.64 bits per heavy atom. The quantitative estimate of drug-likeness (QED) is 0.667. The molecule has 4 aliphatic rings. The minimum Gasteiger partial charge on any atom is -0.390 e. The second kappa shape index (κ2) is 5.83. The number of carbonyl (C=O) groups excluding carboxylic acids is 2. The largest absolute Gasteiger partial charge is 0.390 e. The van der Waals surface area contributed by atoms with Crippen LogP contribution in [0.3, 0.4) is 0 Å². The van der Waals surface area contributed by atoms with E-state index in [0.717, 1.165) is 0 Å². The summed E-state index contributed by atoms with van der Waals surface area (Å²) in [6.07, 6.45) is 4.44. The average molecular weight is 392 g/mol. The van der Waals surface area contributed by atoms with Gasteiger partial charge in [0.1, 0.15) is 12.2 Å². The number of hydrogen-bond donors (Lipinski definition) is 3. The first-order valence-corrected chi connectivity index (χ1v) is 10.1. The van der Waals surface area contributed by atoms with Crippen LogP contribution in [0.15, 0.2) is 23.8 Å². The van der Waals surface area contributed by atoms with Crippen LogP contribution in [0.1, 0.15) is 46.5 Å². The fraction of sp³-hybridized carbons (Fsp3) is 0.727. The average Bonchev–Trinajstić information content (AvgIpc) is 2.84. The van der Waals surface area contributed by atoms with Crippen molar-refractivity contribution in [3.63, 3.8) is 0 Å². The third kappa shape index (κ3) is 2.01. The first-order valence-electron chi connectivity index (χ1n) is 10.1. The second-order valence-electron chi connectivity index (χ2n) is 9.75. The van der Waals surface area contributed by atoms with Gasteiger partial charge in [0.05, 0.1) is 6.10 Å². The van der Waals surface area contributed by atoms with E-state index in [1.54, 1.807) is 26.8 Å². The van der Waals surface area contributed by atoms with Crippen molar-refractivity contribution < 1.29 is 29.3 Å². The Balaban J connectivity index is 1.84. The Kier molecular flexibility index (Phi) is 4.15. The lowest BCUT2D eigenvalue weighted by Crippen LogP contribution is -2.69. The van der Waals surface area contributed by atoms with Crippen molar-refractivity contribution in [3.8, 4) is 0 Å². The first-order chi connectivity index (χ1) is 13.0. The summed E-state index contributed by atoms with van der Waals surface area (Å²) in [5.74, 6) is -2.12. The molecule has 5 nitrogen and oxygen atoms in total. The molecule has 0 heterocycles. The lowest BCUT2D eigenvalue weighted by atomic mass is 9.44. The zero-order valence-corrected chi connectivity index (χ0v) is 16.6. The summed E-state index contributed by atoms with van der Waals surface area (Å²) < 4.78 is 16.9. The van der Waals surface area contributed by atoms with Crippen molar-refractivity contribution in [2.75, 3.05) is 6.61 Å². The lowest BCUT2D eigenvalue weighted by molar-refractivity contribution is -0.219. The summed E-state index contributed by atoms with van der Waals surface area (Å²) in [5.41, 5.74) is -5.17. The van der Waals surface area contributed by atoms with Crippen LogP contribution < -0.4 is 0 Å². The molecule has 8 atom stereocenters. The van der Waals surface area contributed by atoms with Gasteiger partial charge >= 0.3 is 0 Å². The molecule has 4 rings (SSSR count). The van der Waals surface area contributed by atoms with E-state index in [9.17, 15) is 24.9 Å². The molecular weight excluding hydrogens is 363 g/mol. The highest BCUT2D eigenvalue weighted by atomic mass is 19.1. The van der Waals surface area contributed by atoms with Crippen LogP contribution >= 0.6 is 0 Å². The molecule has 6 heteroatoms. The van der Waals surface area contributed by atoms with Gasteiger partial charge in [0, 0.05) is 16.7 Å². The molecule has 0 saturated heterocycles. The number of fused-ring (bicyclic) bond motifs is 5. The molecule has 0 aromatic rings. The van der Waals surface area contributed by atoms with Crippen LogP contribution in [-0.2, 0) is 9.59 Å². The number of alkyl halides is 1. The summed E-state index contributed by atoms with van der Waals surface area (Å²) in [4.78, 5) is 24.4. The molecular formula is C22H29FO5. The SMILES string of the molecule is C[C@@H]1C[C@H]2[C@@H]3CCC4=CC(=O)C=CC4(C)[C@@]3(F)[C@@H](O)C[C@]2(C)[C@@]1(O)C(=O)CO. The Morgan fingerprint density at radius 1 is 1.32 bits per heavy atom. The van der Waals surface area contributed by atoms with Gasteiger partial charge in [0.25, 0.3) is 0 Å². The summed E-state index contributed by atoms with van der Waals surface area (Å²) in [6, 6.07) is 0. The van der Waals surface area contributed by atoms with Crippen molar-refractivity contribution in [3.05, 3.63) is 23.8 Å². The summed E-state index contributed by atoms with van der Waals surface area (Å²) >= 11 is 0. The lowest BCUT2D eigenvalue weighted by Gasteiger charge is -2.62. The number of ketones is 2. The maximum Gasteiger partial charge on any atom is 0.190 e. The first kappa shape index (κ1) is 19.9. The van der Waals surface area contributed by atoms with Gasteiger partial charge in [-0.3, -0.25) is 9.59 Å². The van der Waals surface area contributed by atoms with E-state index in [1.807, 2.05) is 0 Å². The van der Waals surface area contributed by atoms with Gasteiger partial charge in [-0.25, -0.2) is 4.39 Å². The predicted octanol–water partition coefficient (Wildman–Crippen LogP) is 1.90. The van der Waals surface area contributed by atoms with Crippen molar-refractivity contribution in [1.82, 2.24) is 0 Å². The molecule has 0 bridgehead atoms. The van der Waals surface area contributed by atoms with E-state index in [4.69, 9.17) is 0 Å². The summed E-state index contributed by atoms with van der Waals surface area (Å²) in [5, 5.41) is 32.0. The summed E-state index contributed by atoms with van der Waals surface area (Å²) in [6.45, 7) is 4.48. The Labute approximate surface area is 164 Å². The molecule has 28 heavy (non-hydrogen) atoms. The molecule has 0 radical (unpaired) electrons. The topological polar surface area (TPSA) is 94.8 Å². The zero-order chi connectivity index (χ0) is 20.7. The van der Waals surface area contributed by atoms with Crippen LogP contribution in [0.25, 0.3) is 0 Å². The van der Waals surface area contributed by atoms with Gasteiger partial charge < -0.3 is 15.3 Å². The highest BCUT2D eigenvalue weighted by molar-refractivity contribution is 6.01. The maximum atomic E-state index is 16.9. The van der Waals surface area contributed by atoms with Gasteiger partial charge in [-0.2, -0.15) is 0 Å². The van der Waals surface area contributed by atoms with E-state index in [2.05, 4.69) is 0 Å². The highest BCUT2D eigenvalue weighted by Gasteiger charge is 2.75. The van der Waals surface area contributed by atoms with E-state index in [-0.39, 0.29) is 18.1 Å². The van der Waals surface area contributed by atoms with E-state index in [1.165, 1.54) is 12.2 Å². The second-order valence-corrected chi connectivity index (χ2v) is 9.75.